The molecule has 0 unspecified atom stereocenters. The van der Waals surface area contributed by atoms with Crippen molar-refractivity contribution < 1.29 is 4.79 Å². The van der Waals surface area contributed by atoms with E-state index < -0.39 is 0 Å². The van der Waals surface area contributed by atoms with Crippen LogP contribution in [0.4, 0.5) is 0 Å². The Hall–Kier alpha value is -1.42. The molecule has 2 N–H and O–H groups in total. The van der Waals surface area contributed by atoms with Gasteiger partial charge in [-0.2, -0.15) is 0 Å². The summed E-state index contributed by atoms with van der Waals surface area (Å²) in [5, 5.41) is 6.12. The van der Waals surface area contributed by atoms with Gasteiger partial charge in [0, 0.05) is 24.9 Å². The molecule has 0 fully saturated rings. The third-order valence-corrected chi connectivity index (χ3v) is 2.44. The molecule has 0 saturated carbocycles. The first kappa shape index (κ1) is 13.6. The van der Waals surface area contributed by atoms with E-state index in [9.17, 15) is 4.79 Å². The Morgan fingerprint density at radius 2 is 2.24 bits per heavy atom. The molecular formula is C13H21N3O. The zero-order valence-electron chi connectivity index (χ0n) is 10.4. The number of carbonyl (C=O) groups excluding carboxylic acids is 1. The molecule has 94 valence electrons. The Kier molecular flexibility index (Phi) is 6.98. The Bertz CT molecular complexity index is 314. The molecule has 0 aliphatic carbocycles. The molecule has 0 saturated heterocycles. The standard InChI is InChI=1S/C13H21N3O/c1-2-14-9-5-11-16-13(17)8-7-12-6-3-4-10-15-12/h3-4,6,10,14H,2,5,7-9,11H2,1H3,(H,16,17). The Morgan fingerprint density at radius 3 is 2.94 bits per heavy atom. The number of rotatable bonds is 8. The summed E-state index contributed by atoms with van der Waals surface area (Å²) in [5.41, 5.74) is 0.968. The second kappa shape index (κ2) is 8.70. The number of amides is 1. The summed E-state index contributed by atoms with van der Waals surface area (Å²) in [4.78, 5) is 15.7. The second-order valence-corrected chi connectivity index (χ2v) is 3.88. The van der Waals surface area contributed by atoms with E-state index in [4.69, 9.17) is 0 Å². The van der Waals surface area contributed by atoms with Gasteiger partial charge < -0.3 is 10.6 Å². The average Bonchev–Trinajstić information content (AvgIpc) is 2.37. The molecule has 0 aromatic carbocycles. The van der Waals surface area contributed by atoms with Crippen LogP contribution in [0.25, 0.3) is 0 Å². The van der Waals surface area contributed by atoms with Gasteiger partial charge in [-0.25, -0.2) is 0 Å². The van der Waals surface area contributed by atoms with Crippen molar-refractivity contribution in [2.24, 2.45) is 0 Å². The molecule has 1 heterocycles. The molecule has 1 aromatic rings. The maximum atomic E-state index is 11.5. The van der Waals surface area contributed by atoms with Crippen LogP contribution in [0.2, 0.25) is 0 Å². The number of hydrogen-bond acceptors (Lipinski definition) is 3. The first-order valence-electron chi connectivity index (χ1n) is 6.20. The van der Waals surface area contributed by atoms with E-state index in [-0.39, 0.29) is 5.91 Å². The molecule has 4 nitrogen and oxygen atoms in total. The van der Waals surface area contributed by atoms with Crippen molar-refractivity contribution in [3.8, 4) is 0 Å². The predicted octanol–water partition coefficient (Wildman–Crippen LogP) is 1.13. The number of aryl methyl sites for hydroxylation is 1. The van der Waals surface area contributed by atoms with E-state index in [1.165, 1.54) is 0 Å². The molecule has 1 rings (SSSR count). The topological polar surface area (TPSA) is 54.0 Å². The van der Waals surface area contributed by atoms with Gasteiger partial charge >= 0.3 is 0 Å². The van der Waals surface area contributed by atoms with E-state index >= 15 is 0 Å². The summed E-state index contributed by atoms with van der Waals surface area (Å²) < 4.78 is 0. The molecular weight excluding hydrogens is 214 g/mol. The van der Waals surface area contributed by atoms with Crippen LogP contribution in [0, 0.1) is 0 Å². The highest BCUT2D eigenvalue weighted by Gasteiger charge is 2.01. The molecule has 1 aromatic heterocycles. The summed E-state index contributed by atoms with van der Waals surface area (Å²) in [6.45, 7) is 4.75. The minimum absolute atomic E-state index is 0.104. The third kappa shape index (κ3) is 6.68. The largest absolute Gasteiger partial charge is 0.356 e. The number of nitrogens with zero attached hydrogens (tertiary/aromatic N) is 1. The number of carbonyl (C=O) groups is 1. The molecule has 0 aliphatic heterocycles. The van der Waals surface area contributed by atoms with E-state index in [1.807, 2.05) is 18.2 Å². The maximum absolute atomic E-state index is 11.5. The van der Waals surface area contributed by atoms with Gasteiger partial charge in [0.05, 0.1) is 0 Å². The fourth-order valence-corrected chi connectivity index (χ4v) is 1.49. The van der Waals surface area contributed by atoms with Crippen LogP contribution >= 0.6 is 0 Å². The number of aromatic nitrogens is 1. The fourth-order valence-electron chi connectivity index (χ4n) is 1.49. The zero-order valence-corrected chi connectivity index (χ0v) is 10.4. The second-order valence-electron chi connectivity index (χ2n) is 3.88. The number of hydrogen-bond donors (Lipinski definition) is 2. The van der Waals surface area contributed by atoms with Crippen molar-refractivity contribution in [2.45, 2.75) is 26.2 Å². The van der Waals surface area contributed by atoms with Crippen LogP contribution < -0.4 is 10.6 Å². The van der Waals surface area contributed by atoms with Crippen LogP contribution in [-0.2, 0) is 11.2 Å². The van der Waals surface area contributed by atoms with Crippen molar-refractivity contribution in [1.29, 1.82) is 0 Å². The first-order valence-corrected chi connectivity index (χ1v) is 6.20. The highest BCUT2D eigenvalue weighted by Crippen LogP contribution is 1.97. The van der Waals surface area contributed by atoms with Crippen molar-refractivity contribution in [3.05, 3.63) is 30.1 Å². The van der Waals surface area contributed by atoms with Crippen molar-refractivity contribution in [1.82, 2.24) is 15.6 Å². The van der Waals surface area contributed by atoms with Crippen LogP contribution in [0.3, 0.4) is 0 Å². The lowest BCUT2D eigenvalue weighted by Crippen LogP contribution is -2.27. The summed E-state index contributed by atoms with van der Waals surface area (Å²) >= 11 is 0. The normalized spacial score (nSPS) is 10.2. The Labute approximate surface area is 103 Å². The van der Waals surface area contributed by atoms with Gasteiger partial charge in [0.2, 0.25) is 5.91 Å². The highest BCUT2D eigenvalue weighted by atomic mass is 16.1. The van der Waals surface area contributed by atoms with E-state index in [0.717, 1.165) is 31.7 Å². The maximum Gasteiger partial charge on any atom is 0.220 e. The van der Waals surface area contributed by atoms with Crippen LogP contribution in [0.5, 0.6) is 0 Å². The van der Waals surface area contributed by atoms with Crippen LogP contribution in [0.15, 0.2) is 24.4 Å². The van der Waals surface area contributed by atoms with Gasteiger partial charge in [-0.1, -0.05) is 13.0 Å². The van der Waals surface area contributed by atoms with E-state index in [1.54, 1.807) is 6.20 Å². The van der Waals surface area contributed by atoms with Crippen molar-refractivity contribution >= 4 is 5.91 Å². The smallest absolute Gasteiger partial charge is 0.220 e. The molecule has 0 aliphatic rings. The molecule has 0 atom stereocenters. The van der Waals surface area contributed by atoms with Gasteiger partial charge in [0.15, 0.2) is 0 Å². The van der Waals surface area contributed by atoms with Gasteiger partial charge in [-0.05, 0) is 38.1 Å². The molecule has 17 heavy (non-hydrogen) atoms. The molecule has 0 radical (unpaired) electrons. The lowest BCUT2D eigenvalue weighted by Gasteiger charge is -2.05. The third-order valence-electron chi connectivity index (χ3n) is 2.44. The lowest BCUT2D eigenvalue weighted by molar-refractivity contribution is -0.121. The van der Waals surface area contributed by atoms with Gasteiger partial charge in [0.25, 0.3) is 0 Å². The molecule has 4 heteroatoms. The summed E-state index contributed by atoms with van der Waals surface area (Å²) in [6.07, 6.45) is 3.95. The highest BCUT2D eigenvalue weighted by molar-refractivity contribution is 5.76. The fraction of sp³-hybridized carbons (Fsp3) is 0.538. The van der Waals surface area contributed by atoms with Gasteiger partial charge in [-0.3, -0.25) is 9.78 Å². The average molecular weight is 235 g/mol. The molecule has 0 bridgehead atoms. The quantitative estimate of drug-likeness (QED) is 0.664. The van der Waals surface area contributed by atoms with Gasteiger partial charge in [-0.15, -0.1) is 0 Å². The lowest BCUT2D eigenvalue weighted by atomic mass is 10.2. The summed E-state index contributed by atoms with van der Waals surface area (Å²) in [7, 11) is 0. The Morgan fingerprint density at radius 1 is 1.35 bits per heavy atom. The monoisotopic (exact) mass is 235 g/mol. The van der Waals surface area contributed by atoms with Crippen molar-refractivity contribution in [3.63, 3.8) is 0 Å². The van der Waals surface area contributed by atoms with Crippen LogP contribution in [-0.4, -0.2) is 30.5 Å². The SMILES string of the molecule is CCNCCCNC(=O)CCc1ccccn1. The minimum atomic E-state index is 0.104. The molecule has 1 amide bonds. The minimum Gasteiger partial charge on any atom is -0.356 e. The molecule has 0 spiro atoms. The Balaban J connectivity index is 2.05. The number of nitrogens with one attached hydrogen (secondary N) is 2. The number of pyridine rings is 1. The first-order chi connectivity index (χ1) is 8.33. The van der Waals surface area contributed by atoms with Gasteiger partial charge in [0.1, 0.15) is 0 Å². The zero-order chi connectivity index (χ0) is 12.3. The van der Waals surface area contributed by atoms with Crippen molar-refractivity contribution in [2.75, 3.05) is 19.6 Å². The van der Waals surface area contributed by atoms with E-state index in [0.29, 0.717) is 12.8 Å². The van der Waals surface area contributed by atoms with Crippen LogP contribution in [0.1, 0.15) is 25.5 Å². The summed E-state index contributed by atoms with van der Waals surface area (Å²) in [6, 6.07) is 5.76. The summed E-state index contributed by atoms with van der Waals surface area (Å²) in [5.74, 6) is 0.104. The predicted molar refractivity (Wildman–Crippen MR) is 68.7 cm³/mol. The van der Waals surface area contributed by atoms with E-state index in [2.05, 4.69) is 22.5 Å².